The Morgan fingerprint density at radius 2 is 2.33 bits per heavy atom. The molecule has 76 valence electrons. The van der Waals surface area contributed by atoms with Gasteiger partial charge in [0.1, 0.15) is 0 Å². The van der Waals surface area contributed by atoms with E-state index in [4.69, 9.17) is 0 Å². The number of aromatic nitrogens is 2. The summed E-state index contributed by atoms with van der Waals surface area (Å²) in [5.41, 5.74) is 3.77. The van der Waals surface area contributed by atoms with Crippen LogP contribution < -0.4 is 0 Å². The molecule has 0 unspecified atom stereocenters. The highest BCUT2D eigenvalue weighted by atomic mass is 15.0. The lowest BCUT2D eigenvalue weighted by Crippen LogP contribution is -1.91. The molecule has 1 fully saturated rings. The van der Waals surface area contributed by atoms with Crippen LogP contribution >= 0.6 is 0 Å². The van der Waals surface area contributed by atoms with Crippen LogP contribution in [-0.4, -0.2) is 9.55 Å². The van der Waals surface area contributed by atoms with E-state index in [9.17, 15) is 0 Å². The summed E-state index contributed by atoms with van der Waals surface area (Å²) in [6.45, 7) is 4.58. The fraction of sp³-hybridized carbons (Fsp3) is 0.308. The molecule has 0 spiro atoms. The molecule has 1 saturated carbocycles. The Morgan fingerprint density at radius 1 is 1.47 bits per heavy atom. The third kappa shape index (κ3) is 1.46. The van der Waals surface area contributed by atoms with Crippen LogP contribution in [0.3, 0.4) is 0 Å². The van der Waals surface area contributed by atoms with E-state index in [0.29, 0.717) is 0 Å². The van der Waals surface area contributed by atoms with E-state index >= 15 is 0 Å². The van der Waals surface area contributed by atoms with Gasteiger partial charge < -0.3 is 4.57 Å². The van der Waals surface area contributed by atoms with E-state index in [2.05, 4.69) is 34.3 Å². The molecule has 3 rings (SSSR count). The van der Waals surface area contributed by atoms with Gasteiger partial charge in [-0.25, -0.2) is 4.98 Å². The first-order valence-corrected chi connectivity index (χ1v) is 5.44. The lowest BCUT2D eigenvalue weighted by Gasteiger charge is -2.01. The van der Waals surface area contributed by atoms with Crippen LogP contribution in [0.1, 0.15) is 24.3 Å². The molecular formula is C13H14N2. The number of fused-ring (bicyclic) bond motifs is 1. The molecule has 2 nitrogen and oxygen atoms in total. The van der Waals surface area contributed by atoms with Crippen molar-refractivity contribution in [1.82, 2.24) is 9.55 Å². The van der Waals surface area contributed by atoms with Crippen molar-refractivity contribution < 1.29 is 0 Å². The molecule has 1 aliphatic carbocycles. The third-order valence-corrected chi connectivity index (χ3v) is 3.02. The van der Waals surface area contributed by atoms with E-state index in [-0.39, 0.29) is 0 Å². The molecule has 0 bridgehead atoms. The molecule has 1 aromatic heterocycles. The normalized spacial score (nSPS) is 15.7. The second kappa shape index (κ2) is 3.23. The van der Waals surface area contributed by atoms with Gasteiger partial charge in [-0.15, -0.1) is 6.58 Å². The highest BCUT2D eigenvalue weighted by Gasteiger charge is 2.23. The zero-order valence-electron chi connectivity index (χ0n) is 8.69. The van der Waals surface area contributed by atoms with Gasteiger partial charge in [0.25, 0.3) is 0 Å². The molecule has 1 aromatic carbocycles. The quantitative estimate of drug-likeness (QED) is 0.693. The SMILES string of the molecule is C=CCn1cnc2cc(C3CC3)ccc21. The van der Waals surface area contributed by atoms with Crippen molar-refractivity contribution in [1.29, 1.82) is 0 Å². The molecule has 2 aromatic rings. The summed E-state index contributed by atoms with van der Waals surface area (Å²) in [7, 11) is 0. The molecule has 0 N–H and O–H groups in total. The van der Waals surface area contributed by atoms with Crippen molar-refractivity contribution in [2.45, 2.75) is 25.3 Å². The molecule has 2 heteroatoms. The Hall–Kier alpha value is -1.57. The lowest BCUT2D eigenvalue weighted by molar-refractivity contribution is 0.851. The largest absolute Gasteiger partial charge is 0.327 e. The second-order valence-electron chi connectivity index (χ2n) is 4.21. The minimum atomic E-state index is 0.805. The minimum Gasteiger partial charge on any atom is -0.327 e. The summed E-state index contributed by atoms with van der Waals surface area (Å²) in [6.07, 6.45) is 6.48. The standard InChI is InChI=1S/C13H14N2/c1-2-7-15-9-14-12-8-11(10-3-4-10)5-6-13(12)15/h2,5-6,8-10H,1,3-4,7H2. The number of rotatable bonds is 3. The van der Waals surface area contributed by atoms with Crippen molar-refractivity contribution in [3.8, 4) is 0 Å². The van der Waals surface area contributed by atoms with E-state index < -0.39 is 0 Å². The van der Waals surface area contributed by atoms with Crippen LogP contribution in [0.2, 0.25) is 0 Å². The van der Waals surface area contributed by atoms with E-state index in [1.807, 2.05) is 12.4 Å². The van der Waals surface area contributed by atoms with Crippen molar-refractivity contribution in [3.05, 3.63) is 42.7 Å². The maximum atomic E-state index is 4.42. The highest BCUT2D eigenvalue weighted by Crippen LogP contribution is 2.40. The predicted octanol–water partition coefficient (Wildman–Crippen LogP) is 3.10. The number of allylic oxidation sites excluding steroid dienone is 1. The maximum absolute atomic E-state index is 4.42. The van der Waals surface area contributed by atoms with Gasteiger partial charge in [-0.05, 0) is 36.5 Å². The van der Waals surface area contributed by atoms with E-state index in [1.165, 1.54) is 23.9 Å². The molecular weight excluding hydrogens is 184 g/mol. The monoisotopic (exact) mass is 198 g/mol. The Morgan fingerprint density at radius 3 is 3.07 bits per heavy atom. The van der Waals surface area contributed by atoms with Gasteiger partial charge in [0.15, 0.2) is 0 Å². The van der Waals surface area contributed by atoms with Crippen molar-refractivity contribution in [3.63, 3.8) is 0 Å². The maximum Gasteiger partial charge on any atom is 0.0961 e. The van der Waals surface area contributed by atoms with Crippen molar-refractivity contribution in [2.75, 3.05) is 0 Å². The van der Waals surface area contributed by atoms with Crippen LogP contribution in [0, 0.1) is 0 Å². The summed E-state index contributed by atoms with van der Waals surface area (Å²) in [4.78, 5) is 4.42. The highest BCUT2D eigenvalue weighted by molar-refractivity contribution is 5.76. The zero-order chi connectivity index (χ0) is 10.3. The lowest BCUT2D eigenvalue weighted by atomic mass is 10.1. The topological polar surface area (TPSA) is 17.8 Å². The molecule has 1 aliphatic rings. The van der Waals surface area contributed by atoms with E-state index in [0.717, 1.165) is 18.0 Å². The van der Waals surface area contributed by atoms with Gasteiger partial charge in [-0.1, -0.05) is 12.1 Å². The molecule has 0 aliphatic heterocycles. The summed E-state index contributed by atoms with van der Waals surface area (Å²) in [6, 6.07) is 6.65. The molecule has 0 saturated heterocycles. The molecule has 1 heterocycles. The number of benzene rings is 1. The van der Waals surface area contributed by atoms with Crippen LogP contribution in [-0.2, 0) is 6.54 Å². The molecule has 0 radical (unpaired) electrons. The molecule has 15 heavy (non-hydrogen) atoms. The Bertz CT molecular complexity index is 506. The average Bonchev–Trinajstić information content (AvgIpc) is 3.03. The fourth-order valence-electron chi connectivity index (χ4n) is 2.04. The Balaban J connectivity index is 2.08. The third-order valence-electron chi connectivity index (χ3n) is 3.02. The average molecular weight is 198 g/mol. The summed E-state index contributed by atoms with van der Waals surface area (Å²) in [5.74, 6) is 0.805. The number of imidazole rings is 1. The minimum absolute atomic E-state index is 0.805. The van der Waals surface area contributed by atoms with Crippen LogP contribution in [0.15, 0.2) is 37.2 Å². The molecule has 0 amide bonds. The number of hydrogen-bond acceptors (Lipinski definition) is 1. The van der Waals surface area contributed by atoms with Gasteiger partial charge in [-0.3, -0.25) is 0 Å². The van der Waals surface area contributed by atoms with Crippen LogP contribution in [0.4, 0.5) is 0 Å². The Kier molecular flexibility index (Phi) is 1.88. The predicted molar refractivity (Wildman–Crippen MR) is 61.9 cm³/mol. The summed E-state index contributed by atoms with van der Waals surface area (Å²) < 4.78 is 2.12. The van der Waals surface area contributed by atoms with Gasteiger partial charge in [0, 0.05) is 6.54 Å². The number of nitrogens with zero attached hydrogens (tertiary/aromatic N) is 2. The fourth-order valence-corrected chi connectivity index (χ4v) is 2.04. The summed E-state index contributed by atoms with van der Waals surface area (Å²) in [5, 5.41) is 0. The summed E-state index contributed by atoms with van der Waals surface area (Å²) >= 11 is 0. The van der Waals surface area contributed by atoms with Crippen LogP contribution in [0.25, 0.3) is 11.0 Å². The first-order valence-electron chi connectivity index (χ1n) is 5.44. The van der Waals surface area contributed by atoms with Crippen LogP contribution in [0.5, 0.6) is 0 Å². The first-order chi connectivity index (χ1) is 7.38. The van der Waals surface area contributed by atoms with E-state index in [1.54, 1.807) is 0 Å². The van der Waals surface area contributed by atoms with Gasteiger partial charge in [0.05, 0.1) is 17.4 Å². The number of hydrogen-bond donors (Lipinski definition) is 0. The van der Waals surface area contributed by atoms with Gasteiger partial charge >= 0.3 is 0 Å². The first kappa shape index (κ1) is 8.72. The zero-order valence-corrected chi connectivity index (χ0v) is 8.69. The van der Waals surface area contributed by atoms with Crippen molar-refractivity contribution in [2.24, 2.45) is 0 Å². The second-order valence-corrected chi connectivity index (χ2v) is 4.21. The molecule has 0 atom stereocenters. The Labute approximate surface area is 89.2 Å². The van der Waals surface area contributed by atoms with Crippen molar-refractivity contribution >= 4 is 11.0 Å². The smallest absolute Gasteiger partial charge is 0.0961 e. The van der Waals surface area contributed by atoms with Gasteiger partial charge in [0.2, 0.25) is 0 Å². The van der Waals surface area contributed by atoms with Gasteiger partial charge in [-0.2, -0.15) is 0 Å².